The lowest BCUT2D eigenvalue weighted by Gasteiger charge is -2.33. The van der Waals surface area contributed by atoms with Crippen LogP contribution >= 0.6 is 11.3 Å². The summed E-state index contributed by atoms with van der Waals surface area (Å²) < 4.78 is 30.6. The monoisotopic (exact) mass is 342 g/mol. The lowest BCUT2D eigenvalue weighted by Crippen LogP contribution is -2.46. The zero-order valence-electron chi connectivity index (χ0n) is 13.2. The molecule has 2 aromatic heterocycles. The average molecular weight is 342 g/mol. The first-order valence-corrected chi connectivity index (χ1v) is 9.79. The molecular weight excluding hydrogens is 320 g/mol. The van der Waals surface area contributed by atoms with E-state index >= 15 is 0 Å². The molecule has 1 saturated heterocycles. The normalized spacial score (nSPS) is 21.0. The first-order valence-electron chi connectivity index (χ1n) is 7.52. The van der Waals surface area contributed by atoms with Gasteiger partial charge in [-0.3, -0.25) is 4.40 Å². The predicted molar refractivity (Wildman–Crippen MR) is 88.2 cm³/mol. The Balaban J connectivity index is 1.82. The van der Waals surface area contributed by atoms with Gasteiger partial charge in [0, 0.05) is 31.7 Å². The number of hydrogen-bond donors (Lipinski definition) is 0. The molecule has 1 atom stereocenters. The minimum Gasteiger partial charge on any atom is -0.293 e. The van der Waals surface area contributed by atoms with E-state index in [2.05, 4.69) is 11.9 Å². The average Bonchev–Trinajstić information content (AvgIpc) is 3.02. The third-order valence-electron chi connectivity index (χ3n) is 4.27. The zero-order valence-corrected chi connectivity index (χ0v) is 14.8. The first-order chi connectivity index (χ1) is 10.4. The molecule has 1 unspecified atom stereocenters. The van der Waals surface area contributed by atoms with Gasteiger partial charge in [0.1, 0.15) is 0 Å². The van der Waals surface area contributed by atoms with Crippen LogP contribution in [0.5, 0.6) is 0 Å². The number of aromatic nitrogens is 2. The summed E-state index contributed by atoms with van der Waals surface area (Å²) in [4.78, 5) is 5.39. The molecule has 3 rings (SSSR count). The van der Waals surface area contributed by atoms with Crippen molar-refractivity contribution in [2.75, 3.05) is 20.1 Å². The quantitative estimate of drug-likeness (QED) is 0.855. The maximum absolute atomic E-state index is 12.8. The zero-order chi connectivity index (χ0) is 15.9. The van der Waals surface area contributed by atoms with Crippen LogP contribution in [-0.4, -0.2) is 46.6 Å². The van der Waals surface area contributed by atoms with Crippen LogP contribution in [0, 0.1) is 12.8 Å². The van der Waals surface area contributed by atoms with Crippen LogP contribution in [0.4, 0.5) is 0 Å². The van der Waals surface area contributed by atoms with Gasteiger partial charge >= 0.3 is 0 Å². The first kappa shape index (κ1) is 15.9. The second kappa shape index (κ2) is 5.92. The Bertz CT molecular complexity index is 765. The van der Waals surface area contributed by atoms with Gasteiger partial charge in [0.05, 0.1) is 17.9 Å². The Morgan fingerprint density at radius 2 is 2.27 bits per heavy atom. The molecule has 1 fully saturated rings. The van der Waals surface area contributed by atoms with Gasteiger partial charge < -0.3 is 0 Å². The maximum Gasteiger partial charge on any atom is 0.282 e. The summed E-state index contributed by atoms with van der Waals surface area (Å²) in [6, 6.07) is 0. The van der Waals surface area contributed by atoms with Crippen LogP contribution in [0.3, 0.4) is 0 Å². The van der Waals surface area contributed by atoms with E-state index in [9.17, 15) is 8.42 Å². The van der Waals surface area contributed by atoms with Crippen molar-refractivity contribution in [3.05, 3.63) is 23.0 Å². The third kappa shape index (κ3) is 2.80. The van der Waals surface area contributed by atoms with E-state index < -0.39 is 10.2 Å². The predicted octanol–water partition coefficient (Wildman–Crippen LogP) is 2.11. The topological polar surface area (TPSA) is 57.9 Å². The van der Waals surface area contributed by atoms with Crippen LogP contribution in [0.15, 0.2) is 11.6 Å². The number of aryl methyl sites for hydroxylation is 1. The minimum absolute atomic E-state index is 0.344. The number of fused-ring (bicyclic) bond motifs is 1. The number of nitrogens with zero attached hydrogens (tertiary/aromatic N) is 4. The highest BCUT2D eigenvalue weighted by Gasteiger charge is 2.31. The van der Waals surface area contributed by atoms with Crippen molar-refractivity contribution < 1.29 is 8.42 Å². The van der Waals surface area contributed by atoms with Crippen molar-refractivity contribution in [3.8, 4) is 0 Å². The molecular formula is C14H22N4O2S2. The van der Waals surface area contributed by atoms with Crippen molar-refractivity contribution in [2.45, 2.75) is 33.2 Å². The van der Waals surface area contributed by atoms with Crippen LogP contribution in [0.1, 0.15) is 31.2 Å². The summed E-state index contributed by atoms with van der Waals surface area (Å²) in [5.74, 6) is 0.428. The van der Waals surface area contributed by atoms with Crippen molar-refractivity contribution in [1.82, 2.24) is 18.0 Å². The molecule has 0 amide bonds. The Kier molecular flexibility index (Phi) is 4.28. The van der Waals surface area contributed by atoms with Crippen LogP contribution in [-0.2, 0) is 16.8 Å². The molecule has 0 radical (unpaired) electrons. The van der Waals surface area contributed by atoms with E-state index in [-0.39, 0.29) is 0 Å². The summed E-state index contributed by atoms with van der Waals surface area (Å²) in [7, 11) is -1.76. The Labute approximate surface area is 135 Å². The van der Waals surface area contributed by atoms with Gasteiger partial charge in [0.2, 0.25) is 0 Å². The molecule has 8 heteroatoms. The van der Waals surface area contributed by atoms with Crippen molar-refractivity contribution in [1.29, 1.82) is 0 Å². The van der Waals surface area contributed by atoms with E-state index in [0.29, 0.717) is 25.6 Å². The Morgan fingerprint density at radius 1 is 1.50 bits per heavy atom. The molecule has 1 aliphatic heterocycles. The van der Waals surface area contributed by atoms with Crippen molar-refractivity contribution in [3.63, 3.8) is 0 Å². The lowest BCUT2D eigenvalue weighted by atomic mass is 10.0. The van der Waals surface area contributed by atoms with E-state index in [1.54, 1.807) is 22.7 Å². The van der Waals surface area contributed by atoms with E-state index in [1.165, 1.54) is 4.31 Å². The van der Waals surface area contributed by atoms with Gasteiger partial charge in [0.25, 0.3) is 10.2 Å². The molecule has 0 aliphatic carbocycles. The summed E-state index contributed by atoms with van der Waals surface area (Å²) in [6.07, 6.45) is 3.99. The molecule has 22 heavy (non-hydrogen) atoms. The second-order valence-corrected chi connectivity index (χ2v) is 8.98. The SMILES string of the molecule is Cc1nc2sccn2c1CN(C)S(=O)(=O)N1CCCC(C)C1. The van der Waals surface area contributed by atoms with Crippen LogP contribution < -0.4 is 0 Å². The van der Waals surface area contributed by atoms with Crippen molar-refractivity contribution >= 4 is 26.5 Å². The number of imidazole rings is 1. The van der Waals surface area contributed by atoms with Gasteiger partial charge in [0.15, 0.2) is 4.96 Å². The second-order valence-electron chi connectivity index (χ2n) is 6.07. The van der Waals surface area contributed by atoms with E-state index in [1.807, 2.05) is 22.9 Å². The molecule has 0 saturated carbocycles. The highest BCUT2D eigenvalue weighted by molar-refractivity contribution is 7.86. The van der Waals surface area contributed by atoms with E-state index in [4.69, 9.17) is 0 Å². The highest BCUT2D eigenvalue weighted by atomic mass is 32.2. The van der Waals surface area contributed by atoms with E-state index in [0.717, 1.165) is 29.2 Å². The molecule has 6 nitrogen and oxygen atoms in total. The molecule has 3 heterocycles. The molecule has 0 spiro atoms. The summed E-state index contributed by atoms with van der Waals surface area (Å²) in [5, 5.41) is 1.96. The lowest BCUT2D eigenvalue weighted by molar-refractivity contribution is 0.262. The van der Waals surface area contributed by atoms with Gasteiger partial charge in [-0.05, 0) is 25.7 Å². The highest BCUT2D eigenvalue weighted by Crippen LogP contribution is 2.23. The fourth-order valence-electron chi connectivity index (χ4n) is 2.98. The number of rotatable bonds is 4. The molecule has 2 aromatic rings. The van der Waals surface area contributed by atoms with Gasteiger partial charge in [-0.1, -0.05) is 6.92 Å². The van der Waals surface area contributed by atoms with Gasteiger partial charge in [-0.2, -0.15) is 17.0 Å². The molecule has 0 aromatic carbocycles. The Morgan fingerprint density at radius 3 is 3.00 bits per heavy atom. The number of piperidine rings is 1. The van der Waals surface area contributed by atoms with Gasteiger partial charge in [-0.25, -0.2) is 4.98 Å². The van der Waals surface area contributed by atoms with Crippen LogP contribution in [0.25, 0.3) is 4.96 Å². The molecule has 0 bridgehead atoms. The largest absolute Gasteiger partial charge is 0.293 e. The third-order valence-corrected chi connectivity index (χ3v) is 6.93. The summed E-state index contributed by atoms with van der Waals surface area (Å²) >= 11 is 1.56. The Hall–Kier alpha value is -0.960. The number of hydrogen-bond acceptors (Lipinski definition) is 4. The smallest absolute Gasteiger partial charge is 0.282 e. The molecule has 0 N–H and O–H groups in total. The number of thiazole rings is 1. The minimum atomic E-state index is -3.41. The maximum atomic E-state index is 12.8. The van der Waals surface area contributed by atoms with Crippen molar-refractivity contribution in [2.24, 2.45) is 5.92 Å². The summed E-state index contributed by atoms with van der Waals surface area (Å²) in [5.41, 5.74) is 1.83. The van der Waals surface area contributed by atoms with Gasteiger partial charge in [-0.15, -0.1) is 11.3 Å². The standard InChI is InChI=1S/C14H22N4O2S2/c1-11-5-4-6-17(9-11)22(19,20)16(3)10-13-12(2)15-14-18(13)7-8-21-14/h7-8,11H,4-6,9-10H2,1-3H3. The summed E-state index contributed by atoms with van der Waals surface area (Å²) in [6.45, 7) is 5.62. The molecule has 1 aliphatic rings. The van der Waals surface area contributed by atoms with Crippen LogP contribution in [0.2, 0.25) is 0 Å². The fourth-order valence-corrected chi connectivity index (χ4v) is 5.24. The molecule has 122 valence electrons. The fraction of sp³-hybridized carbons (Fsp3) is 0.643.